The summed E-state index contributed by atoms with van der Waals surface area (Å²) in [6, 6.07) is 22.0. The number of nitrogens with zero attached hydrogens (tertiary/aromatic N) is 1. The number of benzene rings is 3. The Morgan fingerprint density at radius 2 is 1.57 bits per heavy atom. The Morgan fingerprint density at radius 1 is 0.833 bits per heavy atom. The van der Waals surface area contributed by atoms with Gasteiger partial charge in [-0.2, -0.15) is 5.26 Å². The van der Waals surface area contributed by atoms with Gasteiger partial charge in [0.25, 0.3) is 0 Å². The minimum atomic E-state index is -0.431. The highest BCUT2D eigenvalue weighted by Crippen LogP contribution is 2.38. The summed E-state index contributed by atoms with van der Waals surface area (Å²) in [7, 11) is -0.431. The maximum atomic E-state index is 9.27. The van der Waals surface area contributed by atoms with Gasteiger partial charge >= 0.3 is 7.12 Å². The molecule has 0 unspecified atom stereocenters. The van der Waals surface area contributed by atoms with Crippen LogP contribution in [0.1, 0.15) is 33.3 Å². The monoisotopic (exact) mass is 395 g/mol. The van der Waals surface area contributed by atoms with Crippen LogP contribution in [0.4, 0.5) is 0 Å². The number of hydrogen-bond acceptors (Lipinski definition) is 4. The van der Waals surface area contributed by atoms with Crippen molar-refractivity contribution in [3.63, 3.8) is 0 Å². The predicted octanol–water partition coefficient (Wildman–Crippen LogP) is 5.42. The first-order valence-corrected chi connectivity index (χ1v) is 10.1. The second kappa shape index (κ2) is 6.47. The lowest BCUT2D eigenvalue weighted by molar-refractivity contribution is 0.00578. The second-order valence-electron chi connectivity index (χ2n) is 8.82. The summed E-state index contributed by atoms with van der Waals surface area (Å²) < 4.78 is 18.6. The fourth-order valence-corrected chi connectivity index (χ4v) is 3.96. The molecule has 0 bridgehead atoms. The van der Waals surface area contributed by atoms with E-state index in [2.05, 4.69) is 18.2 Å². The average molecular weight is 395 g/mol. The smallest absolute Gasteiger partial charge is 0.456 e. The molecule has 1 saturated heterocycles. The van der Waals surface area contributed by atoms with Crippen LogP contribution >= 0.6 is 0 Å². The zero-order valence-electron chi connectivity index (χ0n) is 17.5. The summed E-state index contributed by atoms with van der Waals surface area (Å²) >= 11 is 0. The summed E-state index contributed by atoms with van der Waals surface area (Å²) in [6.07, 6.45) is 0. The van der Waals surface area contributed by atoms with Gasteiger partial charge in [-0.25, -0.2) is 0 Å². The molecule has 0 spiro atoms. The zero-order chi connectivity index (χ0) is 21.1. The Hall–Kier alpha value is -3.07. The molecule has 148 valence electrons. The Bertz CT molecular complexity index is 1310. The zero-order valence-corrected chi connectivity index (χ0v) is 17.5. The summed E-state index contributed by atoms with van der Waals surface area (Å²) in [5.41, 5.74) is 4.45. The van der Waals surface area contributed by atoms with Gasteiger partial charge in [-0.05, 0) is 68.6 Å². The van der Waals surface area contributed by atoms with E-state index >= 15 is 0 Å². The number of hydrogen-bond donors (Lipinski definition) is 0. The van der Waals surface area contributed by atoms with Gasteiger partial charge in [-0.3, -0.25) is 0 Å². The molecule has 5 rings (SSSR count). The Kier molecular flexibility index (Phi) is 4.08. The van der Waals surface area contributed by atoms with Crippen LogP contribution in [-0.2, 0) is 9.31 Å². The SMILES string of the molecule is CC1(C)OB(c2ccc3c(c2)oc2cccc(-c4cccc(C#N)c4)c23)OC1(C)C. The van der Waals surface area contributed by atoms with Crippen molar-refractivity contribution in [2.24, 2.45) is 0 Å². The molecule has 1 aliphatic heterocycles. The van der Waals surface area contributed by atoms with Crippen molar-refractivity contribution in [1.82, 2.24) is 0 Å². The van der Waals surface area contributed by atoms with E-state index < -0.39 is 7.12 Å². The number of furan rings is 1. The van der Waals surface area contributed by atoms with Crippen molar-refractivity contribution in [2.45, 2.75) is 38.9 Å². The van der Waals surface area contributed by atoms with Crippen molar-refractivity contribution in [3.05, 3.63) is 66.2 Å². The highest BCUT2D eigenvalue weighted by molar-refractivity contribution is 6.62. The molecule has 0 radical (unpaired) electrons. The lowest BCUT2D eigenvalue weighted by Gasteiger charge is -2.32. The van der Waals surface area contributed by atoms with Crippen molar-refractivity contribution in [1.29, 1.82) is 5.26 Å². The molecule has 3 aromatic carbocycles. The maximum Gasteiger partial charge on any atom is 0.494 e. The van der Waals surface area contributed by atoms with E-state index in [1.54, 1.807) is 0 Å². The van der Waals surface area contributed by atoms with Gasteiger partial charge in [0, 0.05) is 10.8 Å². The Balaban J connectivity index is 1.64. The minimum absolute atomic E-state index is 0.389. The largest absolute Gasteiger partial charge is 0.494 e. The molecule has 4 aromatic rings. The summed E-state index contributed by atoms with van der Waals surface area (Å²) in [5.74, 6) is 0. The molecule has 0 amide bonds. The van der Waals surface area contributed by atoms with Crippen molar-refractivity contribution < 1.29 is 13.7 Å². The van der Waals surface area contributed by atoms with Crippen LogP contribution in [0.25, 0.3) is 33.1 Å². The van der Waals surface area contributed by atoms with Gasteiger partial charge in [0.2, 0.25) is 0 Å². The fourth-order valence-electron chi connectivity index (χ4n) is 3.96. The first kappa shape index (κ1) is 18.9. The van der Waals surface area contributed by atoms with Gasteiger partial charge in [0.1, 0.15) is 11.2 Å². The molecular weight excluding hydrogens is 373 g/mol. The van der Waals surface area contributed by atoms with Crippen molar-refractivity contribution in [2.75, 3.05) is 0 Å². The average Bonchev–Trinajstić information content (AvgIpc) is 3.20. The van der Waals surface area contributed by atoms with E-state index in [1.165, 1.54) is 0 Å². The Labute approximate surface area is 176 Å². The quantitative estimate of drug-likeness (QED) is 0.425. The number of nitriles is 1. The molecule has 0 aliphatic carbocycles. The molecule has 1 fully saturated rings. The predicted molar refractivity (Wildman–Crippen MR) is 120 cm³/mol. The molecule has 2 heterocycles. The van der Waals surface area contributed by atoms with Crippen LogP contribution in [0, 0.1) is 11.3 Å². The van der Waals surface area contributed by atoms with E-state index in [1.807, 2.05) is 76.2 Å². The molecule has 1 aromatic heterocycles. The van der Waals surface area contributed by atoms with Crippen LogP contribution in [0.15, 0.2) is 65.1 Å². The third kappa shape index (κ3) is 2.84. The van der Waals surface area contributed by atoms with Gasteiger partial charge in [0.05, 0.1) is 22.8 Å². The van der Waals surface area contributed by atoms with Gasteiger partial charge in [0.15, 0.2) is 0 Å². The summed E-state index contributed by atoms with van der Waals surface area (Å²) in [4.78, 5) is 0. The molecule has 0 saturated carbocycles. The minimum Gasteiger partial charge on any atom is -0.456 e. The Morgan fingerprint density at radius 3 is 2.30 bits per heavy atom. The standard InChI is InChI=1S/C25H22BNO3/c1-24(2)25(3,4)30-26(29-24)18-11-12-20-22(14-18)28-21-10-6-9-19(23(20)21)17-8-5-7-16(13-17)15-27/h5-14H,1-4H3. The summed E-state index contributed by atoms with van der Waals surface area (Å²) in [5, 5.41) is 11.3. The number of fused-ring (bicyclic) bond motifs is 3. The molecule has 4 nitrogen and oxygen atoms in total. The first-order valence-electron chi connectivity index (χ1n) is 10.1. The second-order valence-corrected chi connectivity index (χ2v) is 8.82. The first-order chi connectivity index (χ1) is 14.3. The maximum absolute atomic E-state index is 9.27. The van der Waals surface area contributed by atoms with E-state index in [4.69, 9.17) is 13.7 Å². The van der Waals surface area contributed by atoms with Crippen LogP contribution in [0.5, 0.6) is 0 Å². The molecule has 30 heavy (non-hydrogen) atoms. The summed E-state index contributed by atoms with van der Waals surface area (Å²) in [6.45, 7) is 8.20. The molecular formula is C25H22BNO3. The van der Waals surface area contributed by atoms with Gasteiger partial charge in [-0.1, -0.05) is 36.4 Å². The van der Waals surface area contributed by atoms with E-state index in [0.29, 0.717) is 5.56 Å². The molecule has 1 aliphatic rings. The third-order valence-corrected chi connectivity index (χ3v) is 6.35. The van der Waals surface area contributed by atoms with Crippen LogP contribution < -0.4 is 5.46 Å². The van der Waals surface area contributed by atoms with E-state index in [9.17, 15) is 5.26 Å². The highest BCUT2D eigenvalue weighted by Gasteiger charge is 2.51. The topological polar surface area (TPSA) is 55.4 Å². The third-order valence-electron chi connectivity index (χ3n) is 6.35. The van der Waals surface area contributed by atoms with Gasteiger partial charge < -0.3 is 13.7 Å². The molecule has 5 heteroatoms. The lowest BCUT2D eigenvalue weighted by atomic mass is 9.79. The van der Waals surface area contributed by atoms with Gasteiger partial charge in [-0.15, -0.1) is 0 Å². The molecule has 0 atom stereocenters. The number of rotatable bonds is 2. The fraction of sp³-hybridized carbons (Fsp3) is 0.240. The van der Waals surface area contributed by atoms with E-state index in [-0.39, 0.29) is 11.2 Å². The highest BCUT2D eigenvalue weighted by atomic mass is 16.7. The van der Waals surface area contributed by atoms with Crippen LogP contribution in [0.3, 0.4) is 0 Å². The lowest BCUT2D eigenvalue weighted by Crippen LogP contribution is -2.41. The normalized spacial score (nSPS) is 17.5. The van der Waals surface area contributed by atoms with E-state index in [0.717, 1.165) is 38.5 Å². The van der Waals surface area contributed by atoms with Crippen LogP contribution in [0.2, 0.25) is 0 Å². The van der Waals surface area contributed by atoms with Crippen molar-refractivity contribution in [3.8, 4) is 17.2 Å². The van der Waals surface area contributed by atoms with Crippen molar-refractivity contribution >= 4 is 34.5 Å². The molecule has 0 N–H and O–H groups in total. The van der Waals surface area contributed by atoms with Crippen LogP contribution in [-0.4, -0.2) is 18.3 Å².